The Balaban J connectivity index is 1.29. The Kier molecular flexibility index (Phi) is 6.43. The summed E-state index contributed by atoms with van der Waals surface area (Å²) in [6, 6.07) is 6.01. The highest BCUT2D eigenvalue weighted by Gasteiger charge is 2.51. The van der Waals surface area contributed by atoms with E-state index in [-0.39, 0.29) is 34.5 Å². The Morgan fingerprint density at radius 3 is 2.61 bits per heavy atom. The van der Waals surface area contributed by atoms with Gasteiger partial charge in [0.05, 0.1) is 17.4 Å². The van der Waals surface area contributed by atoms with Crippen molar-refractivity contribution in [3.8, 4) is 0 Å². The smallest absolute Gasteiger partial charge is 0.254 e. The number of imide groups is 1. The fraction of sp³-hybridized carbons (Fsp3) is 0.643. The van der Waals surface area contributed by atoms with E-state index in [1.807, 2.05) is 22.8 Å². The normalized spacial score (nSPS) is 25.8. The number of likely N-dealkylation sites (tertiary alicyclic amines) is 1. The van der Waals surface area contributed by atoms with Gasteiger partial charge in [0, 0.05) is 44.1 Å². The van der Waals surface area contributed by atoms with Crippen LogP contribution in [0.3, 0.4) is 0 Å². The monoisotopic (exact) mass is 493 g/mol. The van der Waals surface area contributed by atoms with Crippen LogP contribution in [-0.4, -0.2) is 69.3 Å². The lowest BCUT2D eigenvalue weighted by Crippen LogP contribution is -2.44. The third-order valence-corrected chi connectivity index (χ3v) is 8.44. The molecule has 3 amide bonds. The number of aromatic nitrogens is 2. The molecule has 2 bridgehead atoms. The molecule has 194 valence electrons. The van der Waals surface area contributed by atoms with Crippen LogP contribution in [0.2, 0.25) is 0 Å². The lowest BCUT2D eigenvalue weighted by molar-refractivity contribution is -0.147. The molecule has 1 aliphatic carbocycles. The van der Waals surface area contributed by atoms with Gasteiger partial charge in [0.1, 0.15) is 0 Å². The number of rotatable bonds is 5. The third kappa shape index (κ3) is 4.80. The second kappa shape index (κ2) is 9.29. The van der Waals surface area contributed by atoms with E-state index in [1.165, 1.54) is 11.8 Å². The molecule has 3 aliphatic rings. The maximum atomic E-state index is 13.5. The van der Waals surface area contributed by atoms with Crippen molar-refractivity contribution in [3.05, 3.63) is 30.1 Å². The molecule has 2 atom stereocenters. The molecular formula is C28H39N5O3. The maximum absolute atomic E-state index is 13.5. The van der Waals surface area contributed by atoms with E-state index in [0.717, 1.165) is 62.8 Å². The SMILES string of the molecule is CC(=O)N(CCn1cnc2cc(C(=O)N3CC4(C)CC3CC(C)(C)C4)ccc21)C(=O)C1CCNCC1. The minimum atomic E-state index is -0.219. The molecule has 5 rings (SSSR count). The van der Waals surface area contributed by atoms with Crippen molar-refractivity contribution in [1.29, 1.82) is 0 Å². The van der Waals surface area contributed by atoms with Gasteiger partial charge < -0.3 is 14.8 Å². The molecule has 8 heteroatoms. The van der Waals surface area contributed by atoms with Gasteiger partial charge in [0.15, 0.2) is 0 Å². The fourth-order valence-electron chi connectivity index (χ4n) is 7.16. The first kappa shape index (κ1) is 24.9. The number of benzene rings is 1. The summed E-state index contributed by atoms with van der Waals surface area (Å²) in [5, 5.41) is 3.26. The predicted molar refractivity (Wildman–Crippen MR) is 138 cm³/mol. The second-order valence-corrected chi connectivity index (χ2v) is 12.3. The third-order valence-electron chi connectivity index (χ3n) is 8.44. The molecule has 2 saturated heterocycles. The van der Waals surface area contributed by atoms with Gasteiger partial charge in [-0.3, -0.25) is 19.3 Å². The largest absolute Gasteiger partial charge is 0.335 e. The van der Waals surface area contributed by atoms with Crippen LogP contribution in [-0.2, 0) is 16.1 Å². The quantitative estimate of drug-likeness (QED) is 0.689. The van der Waals surface area contributed by atoms with Crippen molar-refractivity contribution in [2.45, 2.75) is 72.4 Å². The van der Waals surface area contributed by atoms with Crippen molar-refractivity contribution in [3.63, 3.8) is 0 Å². The average Bonchev–Trinajstić information content (AvgIpc) is 3.34. The number of hydrogen-bond donors (Lipinski definition) is 1. The molecule has 3 heterocycles. The molecule has 3 fully saturated rings. The van der Waals surface area contributed by atoms with Crippen LogP contribution in [0.1, 0.15) is 70.2 Å². The standard InChI is InChI=1S/C28H39N5O3/c1-19(34)32(25(35)20-7-9-29-10-8-20)12-11-31-18-30-23-13-21(5-6-24(23)31)26(36)33-17-28(4)15-22(33)14-27(2,3)16-28/h5-6,13,18,20,22,29H,7-12,14-17H2,1-4H3. The highest BCUT2D eigenvalue weighted by atomic mass is 16.2. The Labute approximate surface area is 213 Å². The zero-order valence-corrected chi connectivity index (χ0v) is 22.0. The van der Waals surface area contributed by atoms with E-state index >= 15 is 0 Å². The second-order valence-electron chi connectivity index (χ2n) is 12.3. The first-order valence-electron chi connectivity index (χ1n) is 13.3. The van der Waals surface area contributed by atoms with Crippen LogP contribution >= 0.6 is 0 Å². The molecule has 1 N–H and O–H groups in total. The van der Waals surface area contributed by atoms with Crippen LogP contribution < -0.4 is 5.32 Å². The molecule has 1 aromatic heterocycles. The van der Waals surface area contributed by atoms with Gasteiger partial charge in [-0.1, -0.05) is 20.8 Å². The molecule has 2 aromatic rings. The van der Waals surface area contributed by atoms with Gasteiger partial charge in [-0.05, 0) is 74.2 Å². The Bertz CT molecular complexity index is 1180. The van der Waals surface area contributed by atoms with Gasteiger partial charge >= 0.3 is 0 Å². The number of hydrogen-bond acceptors (Lipinski definition) is 5. The molecule has 36 heavy (non-hydrogen) atoms. The Hall–Kier alpha value is -2.74. The van der Waals surface area contributed by atoms with E-state index in [4.69, 9.17) is 0 Å². The minimum absolute atomic E-state index is 0.0750. The molecule has 1 aromatic carbocycles. The molecule has 1 saturated carbocycles. The average molecular weight is 494 g/mol. The van der Waals surface area contributed by atoms with Crippen LogP contribution in [0, 0.1) is 16.7 Å². The lowest BCUT2D eigenvalue weighted by atomic mass is 9.65. The maximum Gasteiger partial charge on any atom is 0.254 e. The molecule has 0 radical (unpaired) electrons. The highest BCUT2D eigenvalue weighted by molar-refractivity contribution is 5.98. The molecular weight excluding hydrogens is 454 g/mol. The van der Waals surface area contributed by atoms with Crippen LogP contribution in [0.4, 0.5) is 0 Å². The van der Waals surface area contributed by atoms with Gasteiger partial charge in [-0.25, -0.2) is 4.98 Å². The summed E-state index contributed by atoms with van der Waals surface area (Å²) >= 11 is 0. The summed E-state index contributed by atoms with van der Waals surface area (Å²) in [6.07, 6.45) is 6.55. The minimum Gasteiger partial charge on any atom is -0.335 e. The van der Waals surface area contributed by atoms with Crippen LogP contribution in [0.15, 0.2) is 24.5 Å². The first-order chi connectivity index (χ1) is 17.1. The van der Waals surface area contributed by atoms with E-state index in [1.54, 1.807) is 6.33 Å². The zero-order valence-electron chi connectivity index (χ0n) is 22.0. The van der Waals surface area contributed by atoms with Gasteiger partial charge in [-0.15, -0.1) is 0 Å². The Morgan fingerprint density at radius 2 is 1.89 bits per heavy atom. The zero-order chi connectivity index (χ0) is 25.7. The number of amides is 3. The van der Waals surface area contributed by atoms with E-state index in [0.29, 0.717) is 24.7 Å². The number of imidazole rings is 1. The topological polar surface area (TPSA) is 87.5 Å². The van der Waals surface area contributed by atoms with Crippen molar-refractivity contribution in [2.75, 3.05) is 26.2 Å². The fourth-order valence-corrected chi connectivity index (χ4v) is 7.16. The summed E-state index contributed by atoms with van der Waals surface area (Å²) in [6.45, 7) is 11.6. The van der Waals surface area contributed by atoms with Gasteiger partial charge in [0.25, 0.3) is 5.91 Å². The number of piperidine rings is 1. The Morgan fingerprint density at radius 1 is 1.14 bits per heavy atom. The number of nitrogens with zero attached hydrogens (tertiary/aromatic N) is 4. The predicted octanol–water partition coefficient (Wildman–Crippen LogP) is 3.45. The highest BCUT2D eigenvalue weighted by Crippen LogP contribution is 2.52. The van der Waals surface area contributed by atoms with Crippen molar-refractivity contribution in [2.24, 2.45) is 16.7 Å². The molecule has 8 nitrogen and oxygen atoms in total. The lowest BCUT2D eigenvalue weighted by Gasteiger charge is -2.39. The van der Waals surface area contributed by atoms with Crippen LogP contribution in [0.25, 0.3) is 11.0 Å². The van der Waals surface area contributed by atoms with E-state index < -0.39 is 0 Å². The number of nitrogens with one attached hydrogen (secondary N) is 1. The summed E-state index contributed by atoms with van der Waals surface area (Å²) < 4.78 is 1.96. The number of carbonyl (C=O) groups excluding carboxylic acids is 3. The summed E-state index contributed by atoms with van der Waals surface area (Å²) in [4.78, 5) is 46.7. The van der Waals surface area contributed by atoms with Gasteiger partial charge in [0.2, 0.25) is 11.8 Å². The van der Waals surface area contributed by atoms with E-state index in [2.05, 4.69) is 36.0 Å². The van der Waals surface area contributed by atoms with Crippen molar-refractivity contribution in [1.82, 2.24) is 24.7 Å². The first-order valence-corrected chi connectivity index (χ1v) is 13.3. The van der Waals surface area contributed by atoms with E-state index in [9.17, 15) is 14.4 Å². The number of fused-ring (bicyclic) bond motifs is 3. The van der Waals surface area contributed by atoms with Gasteiger partial charge in [-0.2, -0.15) is 0 Å². The summed E-state index contributed by atoms with van der Waals surface area (Å²) in [7, 11) is 0. The van der Waals surface area contributed by atoms with Crippen LogP contribution in [0.5, 0.6) is 0 Å². The summed E-state index contributed by atoms with van der Waals surface area (Å²) in [5.41, 5.74) is 2.79. The summed E-state index contributed by atoms with van der Waals surface area (Å²) in [5.74, 6) is -0.299. The molecule has 2 unspecified atom stereocenters. The number of carbonyl (C=O) groups is 3. The van der Waals surface area contributed by atoms with Crippen molar-refractivity contribution >= 4 is 28.8 Å². The molecule has 0 spiro atoms. The van der Waals surface area contributed by atoms with Crippen molar-refractivity contribution < 1.29 is 14.4 Å². The molecule has 2 aliphatic heterocycles.